The molecule has 0 bridgehead atoms. The predicted molar refractivity (Wildman–Crippen MR) is 58.0 cm³/mol. The second-order valence-electron chi connectivity index (χ2n) is 4.65. The van der Waals surface area contributed by atoms with Gasteiger partial charge in [0.15, 0.2) is 0 Å². The van der Waals surface area contributed by atoms with Gasteiger partial charge in [-0.1, -0.05) is 20.8 Å². The van der Waals surface area contributed by atoms with Gasteiger partial charge in [-0.3, -0.25) is 0 Å². The van der Waals surface area contributed by atoms with Crippen LogP contribution < -0.4 is 5.32 Å². The third kappa shape index (κ3) is 2.29. The van der Waals surface area contributed by atoms with Crippen LogP contribution >= 0.6 is 0 Å². The highest BCUT2D eigenvalue weighted by Gasteiger charge is 2.26. The standard InChI is InChI=1S/C11H19N3/c1-8-9(6-13-7-14-8)10(12-5)11(2,3)4/h6-7,10,12H,1-5H3. The first-order valence-electron chi connectivity index (χ1n) is 4.90. The molecule has 0 aliphatic heterocycles. The zero-order valence-electron chi connectivity index (χ0n) is 9.63. The summed E-state index contributed by atoms with van der Waals surface area (Å²) in [6.45, 7) is 8.65. The predicted octanol–water partition coefficient (Wildman–Crippen LogP) is 2.09. The molecule has 1 atom stereocenters. The van der Waals surface area contributed by atoms with Crippen LogP contribution in [0, 0.1) is 12.3 Å². The molecule has 0 aliphatic rings. The average molecular weight is 193 g/mol. The van der Waals surface area contributed by atoms with Crippen LogP contribution in [0.5, 0.6) is 0 Å². The van der Waals surface area contributed by atoms with E-state index in [-0.39, 0.29) is 5.41 Å². The molecule has 1 rings (SSSR count). The number of nitrogens with one attached hydrogen (secondary N) is 1. The summed E-state index contributed by atoms with van der Waals surface area (Å²) in [7, 11) is 1.97. The number of nitrogens with zero attached hydrogens (tertiary/aromatic N) is 2. The number of aryl methyl sites for hydroxylation is 1. The van der Waals surface area contributed by atoms with E-state index in [0.29, 0.717) is 6.04 Å². The van der Waals surface area contributed by atoms with Crippen molar-refractivity contribution >= 4 is 0 Å². The SMILES string of the molecule is CNC(c1cncnc1C)C(C)(C)C. The van der Waals surface area contributed by atoms with Gasteiger partial charge in [0, 0.05) is 23.5 Å². The fourth-order valence-electron chi connectivity index (χ4n) is 1.74. The Morgan fingerprint density at radius 1 is 1.36 bits per heavy atom. The minimum absolute atomic E-state index is 0.171. The smallest absolute Gasteiger partial charge is 0.115 e. The minimum Gasteiger partial charge on any atom is -0.312 e. The average Bonchev–Trinajstić information content (AvgIpc) is 2.07. The number of hydrogen-bond acceptors (Lipinski definition) is 3. The lowest BCUT2D eigenvalue weighted by atomic mass is 9.82. The van der Waals surface area contributed by atoms with Crippen LogP contribution in [-0.2, 0) is 0 Å². The van der Waals surface area contributed by atoms with Crippen molar-refractivity contribution in [3.05, 3.63) is 23.8 Å². The molecule has 0 radical (unpaired) electrons. The molecule has 3 nitrogen and oxygen atoms in total. The number of hydrogen-bond donors (Lipinski definition) is 1. The maximum Gasteiger partial charge on any atom is 0.115 e. The number of aromatic nitrogens is 2. The lowest BCUT2D eigenvalue weighted by molar-refractivity contribution is 0.285. The fraction of sp³-hybridized carbons (Fsp3) is 0.636. The molecule has 0 fully saturated rings. The van der Waals surface area contributed by atoms with Crippen LogP contribution in [0.2, 0.25) is 0 Å². The van der Waals surface area contributed by atoms with Crippen LogP contribution in [0.3, 0.4) is 0 Å². The van der Waals surface area contributed by atoms with E-state index in [1.54, 1.807) is 6.33 Å². The Morgan fingerprint density at radius 3 is 2.43 bits per heavy atom. The summed E-state index contributed by atoms with van der Waals surface area (Å²) in [5.74, 6) is 0. The molecule has 0 amide bonds. The Hall–Kier alpha value is -0.960. The van der Waals surface area contributed by atoms with Crippen molar-refractivity contribution in [2.24, 2.45) is 5.41 Å². The fourth-order valence-corrected chi connectivity index (χ4v) is 1.74. The van der Waals surface area contributed by atoms with E-state index >= 15 is 0 Å². The van der Waals surface area contributed by atoms with Gasteiger partial charge in [-0.15, -0.1) is 0 Å². The van der Waals surface area contributed by atoms with Gasteiger partial charge in [-0.2, -0.15) is 0 Å². The Balaban J connectivity index is 3.08. The molecule has 1 N–H and O–H groups in total. The molecular formula is C11H19N3. The van der Waals surface area contributed by atoms with Crippen LogP contribution in [-0.4, -0.2) is 17.0 Å². The Labute approximate surface area is 86.0 Å². The van der Waals surface area contributed by atoms with Crippen molar-refractivity contribution in [2.45, 2.75) is 33.7 Å². The van der Waals surface area contributed by atoms with Gasteiger partial charge in [0.2, 0.25) is 0 Å². The summed E-state index contributed by atoms with van der Waals surface area (Å²) < 4.78 is 0. The molecule has 0 aromatic carbocycles. The van der Waals surface area contributed by atoms with Gasteiger partial charge in [0.1, 0.15) is 6.33 Å². The molecule has 1 aromatic rings. The molecule has 1 heterocycles. The molecule has 1 aromatic heterocycles. The highest BCUT2D eigenvalue weighted by molar-refractivity contribution is 5.20. The highest BCUT2D eigenvalue weighted by atomic mass is 14.9. The molecule has 3 heteroatoms. The third-order valence-corrected chi connectivity index (χ3v) is 2.42. The van der Waals surface area contributed by atoms with Gasteiger partial charge in [0.05, 0.1) is 0 Å². The lowest BCUT2D eigenvalue weighted by Crippen LogP contribution is -2.30. The summed E-state index contributed by atoms with van der Waals surface area (Å²) in [6.07, 6.45) is 3.49. The maximum absolute atomic E-state index is 4.21. The van der Waals surface area contributed by atoms with E-state index in [2.05, 4.69) is 36.1 Å². The summed E-state index contributed by atoms with van der Waals surface area (Å²) in [5, 5.41) is 3.32. The van der Waals surface area contributed by atoms with Crippen molar-refractivity contribution in [3.63, 3.8) is 0 Å². The third-order valence-electron chi connectivity index (χ3n) is 2.42. The second kappa shape index (κ2) is 4.05. The quantitative estimate of drug-likeness (QED) is 0.781. The van der Waals surface area contributed by atoms with Gasteiger partial charge in [-0.05, 0) is 19.4 Å². The summed E-state index contributed by atoms with van der Waals surface area (Å²) in [5.41, 5.74) is 2.40. The molecule has 0 saturated carbocycles. The monoisotopic (exact) mass is 193 g/mol. The van der Waals surface area contributed by atoms with Crippen LogP contribution in [0.25, 0.3) is 0 Å². The van der Waals surface area contributed by atoms with Crippen molar-refractivity contribution in [2.75, 3.05) is 7.05 Å². The largest absolute Gasteiger partial charge is 0.312 e. The molecule has 14 heavy (non-hydrogen) atoms. The molecule has 0 aliphatic carbocycles. The molecule has 1 unspecified atom stereocenters. The summed E-state index contributed by atoms with van der Waals surface area (Å²) in [6, 6.07) is 0.295. The van der Waals surface area contributed by atoms with Crippen molar-refractivity contribution in [3.8, 4) is 0 Å². The van der Waals surface area contributed by atoms with Gasteiger partial charge < -0.3 is 5.32 Å². The zero-order valence-corrected chi connectivity index (χ0v) is 9.63. The molecule has 78 valence electrons. The van der Waals surface area contributed by atoms with E-state index in [0.717, 1.165) is 5.69 Å². The normalized spacial score (nSPS) is 14.1. The van der Waals surface area contributed by atoms with Crippen molar-refractivity contribution in [1.29, 1.82) is 0 Å². The van der Waals surface area contributed by atoms with Crippen molar-refractivity contribution < 1.29 is 0 Å². The van der Waals surface area contributed by atoms with E-state index in [1.807, 2.05) is 20.2 Å². The first-order chi connectivity index (χ1) is 6.46. The van der Waals surface area contributed by atoms with Crippen LogP contribution in [0.4, 0.5) is 0 Å². The Kier molecular flexibility index (Phi) is 3.21. The van der Waals surface area contributed by atoms with E-state index in [9.17, 15) is 0 Å². The minimum atomic E-state index is 0.171. The van der Waals surface area contributed by atoms with E-state index in [1.165, 1.54) is 5.56 Å². The van der Waals surface area contributed by atoms with Gasteiger partial charge >= 0.3 is 0 Å². The second-order valence-corrected chi connectivity index (χ2v) is 4.65. The first-order valence-corrected chi connectivity index (χ1v) is 4.90. The van der Waals surface area contributed by atoms with Crippen LogP contribution in [0.1, 0.15) is 38.1 Å². The molecule has 0 spiro atoms. The van der Waals surface area contributed by atoms with E-state index < -0.39 is 0 Å². The first kappa shape index (κ1) is 11.1. The van der Waals surface area contributed by atoms with Gasteiger partial charge in [-0.25, -0.2) is 9.97 Å². The summed E-state index contributed by atoms with van der Waals surface area (Å²) in [4.78, 5) is 8.29. The Morgan fingerprint density at radius 2 is 2.00 bits per heavy atom. The maximum atomic E-state index is 4.21. The van der Waals surface area contributed by atoms with E-state index in [4.69, 9.17) is 0 Å². The van der Waals surface area contributed by atoms with Crippen molar-refractivity contribution in [1.82, 2.24) is 15.3 Å². The Bertz CT molecular complexity index is 302. The zero-order chi connectivity index (χ0) is 10.8. The number of rotatable bonds is 2. The lowest BCUT2D eigenvalue weighted by Gasteiger charge is -2.31. The summed E-state index contributed by atoms with van der Waals surface area (Å²) >= 11 is 0. The topological polar surface area (TPSA) is 37.8 Å². The molecular weight excluding hydrogens is 174 g/mol. The highest BCUT2D eigenvalue weighted by Crippen LogP contribution is 2.32. The van der Waals surface area contributed by atoms with Gasteiger partial charge in [0.25, 0.3) is 0 Å². The van der Waals surface area contributed by atoms with Crippen LogP contribution in [0.15, 0.2) is 12.5 Å². The molecule has 0 saturated heterocycles.